The van der Waals surface area contributed by atoms with Gasteiger partial charge in [0.15, 0.2) is 17.1 Å². The Morgan fingerprint density at radius 2 is 1.91 bits per heavy atom. The minimum absolute atomic E-state index is 0.0592. The molecule has 32 heavy (non-hydrogen) atoms. The van der Waals surface area contributed by atoms with Gasteiger partial charge in [0, 0.05) is 29.6 Å². The third-order valence-corrected chi connectivity index (χ3v) is 9.64. The lowest BCUT2D eigenvalue weighted by Crippen LogP contribution is -2.70. The van der Waals surface area contributed by atoms with E-state index in [0.717, 1.165) is 17.8 Å². The number of alkyl halides is 2. The van der Waals surface area contributed by atoms with Crippen LogP contribution in [0.4, 0.5) is 8.78 Å². The standard InChI is InChI=1S/C24H30F2O5S/c1-12-8-15-16-10-18(25)17-9-14(28)6-7-21(17,3)23(16,26)19(29)11-22(15,4)24(12,20(30)32-5)31-13(2)27/h6-7,9,12,15-16,18-19,29H,8,10-11H2,1-5H3/t12-,15+,16?,18+,19+,21+,22+,23+,24+/m1/s1. The number of ether oxygens (including phenoxy) is 1. The van der Waals surface area contributed by atoms with E-state index in [1.54, 1.807) is 20.1 Å². The zero-order chi connectivity index (χ0) is 23.9. The van der Waals surface area contributed by atoms with Crippen LogP contribution in [0, 0.1) is 28.6 Å². The van der Waals surface area contributed by atoms with Gasteiger partial charge in [0.05, 0.1) is 6.10 Å². The van der Waals surface area contributed by atoms with Gasteiger partial charge in [-0.15, -0.1) is 0 Å². The number of ketones is 1. The summed E-state index contributed by atoms with van der Waals surface area (Å²) in [4.78, 5) is 37.3. The largest absolute Gasteiger partial charge is 0.449 e. The van der Waals surface area contributed by atoms with Crippen LogP contribution in [0.25, 0.3) is 0 Å². The molecule has 0 aromatic heterocycles. The number of thioether (sulfide) groups is 1. The number of carbonyl (C=O) groups is 3. The van der Waals surface area contributed by atoms with Gasteiger partial charge in [0.1, 0.15) is 6.17 Å². The van der Waals surface area contributed by atoms with Gasteiger partial charge in [-0.2, -0.15) is 0 Å². The molecule has 1 unspecified atom stereocenters. The zero-order valence-corrected chi connectivity index (χ0v) is 19.8. The molecule has 8 heteroatoms. The van der Waals surface area contributed by atoms with Crippen molar-refractivity contribution >= 4 is 28.6 Å². The predicted molar refractivity (Wildman–Crippen MR) is 116 cm³/mol. The summed E-state index contributed by atoms with van der Waals surface area (Å²) >= 11 is 0.945. The molecule has 0 amide bonds. The number of aliphatic hydroxyl groups excluding tert-OH is 1. The lowest BCUT2D eigenvalue weighted by Gasteiger charge is -2.63. The van der Waals surface area contributed by atoms with Crippen molar-refractivity contribution in [2.75, 3.05) is 6.26 Å². The number of esters is 1. The zero-order valence-electron chi connectivity index (χ0n) is 19.0. The van der Waals surface area contributed by atoms with Crippen LogP contribution in [-0.4, -0.2) is 51.8 Å². The maximum Gasteiger partial charge on any atom is 0.303 e. The first-order valence-electron chi connectivity index (χ1n) is 11.0. The molecule has 4 aliphatic carbocycles. The Balaban J connectivity index is 1.89. The Bertz CT molecular complexity index is 949. The average molecular weight is 469 g/mol. The third-order valence-electron chi connectivity index (χ3n) is 8.96. The monoisotopic (exact) mass is 468 g/mol. The minimum atomic E-state index is -2.22. The van der Waals surface area contributed by atoms with Crippen molar-refractivity contribution in [2.24, 2.45) is 28.6 Å². The van der Waals surface area contributed by atoms with Crippen LogP contribution in [0.15, 0.2) is 23.8 Å². The van der Waals surface area contributed by atoms with Crippen molar-refractivity contribution < 1.29 is 33.0 Å². The van der Waals surface area contributed by atoms with Crippen molar-refractivity contribution in [3.63, 3.8) is 0 Å². The second kappa shape index (κ2) is 7.23. The summed E-state index contributed by atoms with van der Waals surface area (Å²) < 4.78 is 38.4. The Kier molecular flexibility index (Phi) is 5.33. The lowest BCUT2D eigenvalue weighted by molar-refractivity contribution is -0.228. The van der Waals surface area contributed by atoms with E-state index in [9.17, 15) is 19.5 Å². The highest BCUT2D eigenvalue weighted by molar-refractivity contribution is 8.13. The number of allylic oxidation sites excluding steroid dienone is 4. The van der Waals surface area contributed by atoms with Gasteiger partial charge in [-0.05, 0) is 56.1 Å². The Hall–Kier alpha value is -1.54. The minimum Gasteiger partial charge on any atom is -0.449 e. The van der Waals surface area contributed by atoms with Crippen molar-refractivity contribution in [1.82, 2.24) is 0 Å². The predicted octanol–water partition coefficient (Wildman–Crippen LogP) is 3.74. The van der Waals surface area contributed by atoms with Gasteiger partial charge in [0.25, 0.3) is 0 Å². The van der Waals surface area contributed by atoms with E-state index in [4.69, 9.17) is 4.74 Å². The molecular formula is C24H30F2O5S. The summed E-state index contributed by atoms with van der Waals surface area (Å²) in [6.07, 6.45) is 2.34. The Morgan fingerprint density at radius 3 is 2.50 bits per heavy atom. The maximum atomic E-state index is 17.1. The molecule has 1 N–H and O–H groups in total. The summed E-state index contributed by atoms with van der Waals surface area (Å²) in [5.41, 5.74) is -6.25. The van der Waals surface area contributed by atoms with E-state index in [1.807, 2.05) is 0 Å². The average Bonchev–Trinajstić information content (AvgIpc) is 2.92. The first-order valence-corrected chi connectivity index (χ1v) is 12.3. The van der Waals surface area contributed by atoms with E-state index in [1.165, 1.54) is 26.0 Å². The summed E-state index contributed by atoms with van der Waals surface area (Å²) in [5.74, 6) is -2.86. The van der Waals surface area contributed by atoms with E-state index in [0.29, 0.717) is 6.42 Å². The summed E-state index contributed by atoms with van der Waals surface area (Å²) in [7, 11) is 0. The Morgan fingerprint density at radius 1 is 1.25 bits per heavy atom. The molecule has 9 atom stereocenters. The number of aliphatic hydroxyl groups is 1. The lowest BCUT2D eigenvalue weighted by atomic mass is 9.44. The second-order valence-electron chi connectivity index (χ2n) is 10.3. The first kappa shape index (κ1) is 23.6. The van der Waals surface area contributed by atoms with Crippen molar-refractivity contribution in [2.45, 2.75) is 70.5 Å². The van der Waals surface area contributed by atoms with Crippen LogP contribution in [0.2, 0.25) is 0 Å². The number of halogens is 2. The van der Waals surface area contributed by atoms with Crippen LogP contribution in [0.5, 0.6) is 0 Å². The summed E-state index contributed by atoms with van der Waals surface area (Å²) in [5, 5.41) is 11.0. The number of rotatable bonds is 2. The molecule has 4 rings (SSSR count). The van der Waals surface area contributed by atoms with Crippen LogP contribution in [0.3, 0.4) is 0 Å². The summed E-state index contributed by atoms with van der Waals surface area (Å²) in [6.45, 7) is 6.34. The molecule has 0 aromatic carbocycles. The molecule has 0 saturated heterocycles. The van der Waals surface area contributed by atoms with Gasteiger partial charge in [-0.25, -0.2) is 8.78 Å². The van der Waals surface area contributed by atoms with E-state index in [2.05, 4.69) is 0 Å². The molecule has 5 nitrogen and oxygen atoms in total. The normalized spacial score (nSPS) is 49.6. The molecule has 176 valence electrons. The molecule has 3 saturated carbocycles. The topological polar surface area (TPSA) is 80.7 Å². The van der Waals surface area contributed by atoms with Crippen LogP contribution >= 0.6 is 11.8 Å². The van der Waals surface area contributed by atoms with Crippen molar-refractivity contribution in [1.29, 1.82) is 0 Å². The molecule has 0 spiro atoms. The van der Waals surface area contributed by atoms with E-state index in [-0.39, 0.29) is 23.5 Å². The fourth-order valence-corrected chi connectivity index (χ4v) is 8.38. The van der Waals surface area contributed by atoms with Crippen molar-refractivity contribution in [3.8, 4) is 0 Å². The highest BCUT2D eigenvalue weighted by atomic mass is 32.2. The van der Waals surface area contributed by atoms with Gasteiger partial charge in [-0.1, -0.05) is 31.7 Å². The van der Waals surface area contributed by atoms with Gasteiger partial charge in [0.2, 0.25) is 5.12 Å². The Labute approximate surface area is 191 Å². The van der Waals surface area contributed by atoms with E-state index >= 15 is 8.78 Å². The first-order chi connectivity index (χ1) is 14.8. The smallest absolute Gasteiger partial charge is 0.303 e. The number of carbonyl (C=O) groups excluding carboxylic acids is 3. The van der Waals surface area contributed by atoms with Gasteiger partial charge >= 0.3 is 5.97 Å². The molecule has 4 aliphatic rings. The molecule has 3 fully saturated rings. The summed E-state index contributed by atoms with van der Waals surface area (Å²) in [6, 6.07) is 0. The highest BCUT2D eigenvalue weighted by Crippen LogP contribution is 2.72. The van der Waals surface area contributed by atoms with Crippen LogP contribution < -0.4 is 0 Å². The van der Waals surface area contributed by atoms with E-state index < -0.39 is 63.9 Å². The molecule has 0 heterocycles. The van der Waals surface area contributed by atoms with Crippen LogP contribution in [-0.2, 0) is 19.1 Å². The van der Waals surface area contributed by atoms with Gasteiger partial charge in [-0.3, -0.25) is 14.4 Å². The fraction of sp³-hybridized carbons (Fsp3) is 0.708. The number of fused-ring (bicyclic) bond motifs is 5. The maximum absolute atomic E-state index is 17.1. The number of hydrogen-bond donors (Lipinski definition) is 1. The quantitative estimate of drug-likeness (QED) is 0.622. The molecule has 0 aromatic rings. The molecular weight excluding hydrogens is 438 g/mol. The molecule has 0 bridgehead atoms. The highest BCUT2D eigenvalue weighted by Gasteiger charge is 2.78. The van der Waals surface area contributed by atoms with Crippen molar-refractivity contribution in [3.05, 3.63) is 23.8 Å². The third kappa shape index (κ3) is 2.62. The fourth-order valence-electron chi connectivity index (χ4n) is 7.60. The van der Waals surface area contributed by atoms with Gasteiger partial charge < -0.3 is 9.84 Å². The van der Waals surface area contributed by atoms with Crippen LogP contribution in [0.1, 0.15) is 47.0 Å². The molecule has 0 aliphatic heterocycles. The number of hydrogen-bond acceptors (Lipinski definition) is 6. The second-order valence-corrected chi connectivity index (χ2v) is 11.1. The molecule has 0 radical (unpaired) electrons. The SMILES string of the molecule is CSC(=O)[C@@]1(OC(C)=O)[C@H](C)C[C@H]2C3C[C@H](F)C4=CC(=O)C=C[C@]4(C)[C@@]3(F)[C@@H](O)C[C@@]21C.